The quantitative estimate of drug-likeness (QED) is 0.186. The number of hydrogen-bond donors (Lipinski definition) is 0. The van der Waals surface area contributed by atoms with E-state index >= 15 is 0 Å². The van der Waals surface area contributed by atoms with Crippen LogP contribution in [0.2, 0.25) is 0 Å². The number of aromatic nitrogens is 2. The third-order valence-electron chi connectivity index (χ3n) is 5.91. The Bertz CT molecular complexity index is 1460. The molecule has 0 aliphatic heterocycles. The fourth-order valence-electron chi connectivity index (χ4n) is 4.43. The largest absolute Gasteiger partial charge is 0.358 e. The fraction of sp³-hybridized carbons (Fsp3) is 0.0312. The van der Waals surface area contributed by atoms with Crippen molar-refractivity contribution < 1.29 is 21.1 Å². The van der Waals surface area contributed by atoms with Crippen LogP contribution in [-0.4, -0.2) is 9.97 Å². The Kier molecular flexibility index (Phi) is 7.54. The van der Waals surface area contributed by atoms with Gasteiger partial charge >= 0.3 is 0 Å². The van der Waals surface area contributed by atoms with Gasteiger partial charge in [0.05, 0.1) is 0 Å². The topological polar surface area (TPSA) is 25.8 Å². The average Bonchev–Trinajstić information content (AvgIpc) is 2.89. The van der Waals surface area contributed by atoms with Gasteiger partial charge in [0.15, 0.2) is 0 Å². The zero-order chi connectivity index (χ0) is 22.0. The predicted molar refractivity (Wildman–Crippen MR) is 141 cm³/mol. The fourth-order valence-corrected chi connectivity index (χ4v) is 4.43. The Labute approximate surface area is 221 Å². The standard InChI is InChI=1S/C31H20N2.CH3.Pt/c1-3-11-26-24(9-1)18-22(20-28(26)30-13-5-7-15-32-30)17-23-19-25-10-2-4-12-27(25)29(21-23)31-14-6-8-16-33-31;;/h1-16,18-19H,17H2;1H3;/q-2;-1;. The first-order valence-electron chi connectivity index (χ1n) is 11.1. The van der Waals surface area contributed by atoms with Crippen LogP contribution in [0.4, 0.5) is 0 Å². The first kappa shape index (κ1) is 24.5. The van der Waals surface area contributed by atoms with Crippen molar-refractivity contribution in [3.63, 3.8) is 0 Å². The van der Waals surface area contributed by atoms with Crippen molar-refractivity contribution in [2.24, 2.45) is 0 Å². The van der Waals surface area contributed by atoms with Crippen LogP contribution < -0.4 is 0 Å². The van der Waals surface area contributed by atoms with Crippen LogP contribution in [0.25, 0.3) is 44.1 Å². The Hall–Kier alpha value is -3.61. The molecule has 2 aromatic heterocycles. The van der Waals surface area contributed by atoms with E-state index in [1.54, 1.807) is 0 Å². The van der Waals surface area contributed by atoms with E-state index in [4.69, 9.17) is 0 Å². The molecule has 2 nitrogen and oxygen atoms in total. The maximum absolute atomic E-state index is 4.59. The van der Waals surface area contributed by atoms with Crippen molar-refractivity contribution in [1.29, 1.82) is 0 Å². The van der Waals surface area contributed by atoms with Crippen LogP contribution in [0.15, 0.2) is 109 Å². The molecule has 0 radical (unpaired) electrons. The first-order valence-corrected chi connectivity index (χ1v) is 11.1. The summed E-state index contributed by atoms with van der Waals surface area (Å²) in [7, 11) is 0. The second-order valence-electron chi connectivity index (χ2n) is 8.12. The van der Waals surface area contributed by atoms with Gasteiger partial charge in [-0.3, -0.25) is 0 Å². The van der Waals surface area contributed by atoms with E-state index in [0.29, 0.717) is 0 Å². The number of rotatable bonds is 4. The van der Waals surface area contributed by atoms with Crippen molar-refractivity contribution in [3.8, 4) is 22.5 Å². The molecule has 35 heavy (non-hydrogen) atoms. The molecule has 0 aliphatic rings. The van der Waals surface area contributed by atoms with Crippen LogP contribution in [0.3, 0.4) is 0 Å². The average molecular weight is 631 g/mol. The first-order chi connectivity index (χ1) is 16.3. The number of hydrogen-bond acceptors (Lipinski definition) is 2. The minimum Gasteiger partial charge on any atom is -0.358 e. The van der Waals surface area contributed by atoms with Crippen molar-refractivity contribution in [2.45, 2.75) is 6.42 Å². The van der Waals surface area contributed by atoms with E-state index in [1.807, 2.05) is 48.8 Å². The molecule has 0 aliphatic carbocycles. The summed E-state index contributed by atoms with van der Waals surface area (Å²) in [5, 5.41) is 4.71. The molecule has 4 aromatic carbocycles. The van der Waals surface area contributed by atoms with Crippen LogP contribution in [0.1, 0.15) is 11.1 Å². The SMILES string of the molecule is [CH3-].[Pt].[c-]1c(Cc2[c-]c(-c3ccccn3)c3ccccc3c2)cc2ccccc2c1-c1ccccn1. The monoisotopic (exact) mass is 630 g/mol. The van der Waals surface area contributed by atoms with Gasteiger partial charge in [-0.1, -0.05) is 83.6 Å². The number of fused-ring (bicyclic) bond motifs is 2. The molecule has 0 saturated carbocycles. The minimum atomic E-state index is 0. The maximum atomic E-state index is 4.59. The molecular weight excluding hydrogens is 607 g/mol. The zero-order valence-corrected chi connectivity index (χ0v) is 21.6. The van der Waals surface area contributed by atoms with Crippen LogP contribution >= 0.6 is 0 Å². The van der Waals surface area contributed by atoms with Crippen molar-refractivity contribution in [2.75, 3.05) is 0 Å². The number of benzene rings is 4. The molecular formula is C32H23N2Pt-3. The van der Waals surface area contributed by atoms with E-state index in [9.17, 15) is 0 Å². The molecule has 0 fully saturated rings. The van der Waals surface area contributed by atoms with Gasteiger partial charge in [0.2, 0.25) is 0 Å². The summed E-state index contributed by atoms with van der Waals surface area (Å²) in [6, 6.07) is 40.7. The van der Waals surface area contributed by atoms with Crippen molar-refractivity contribution >= 4 is 21.5 Å². The Morgan fingerprint density at radius 3 is 1.40 bits per heavy atom. The predicted octanol–water partition coefficient (Wildman–Crippen LogP) is 7.76. The summed E-state index contributed by atoms with van der Waals surface area (Å²) in [5.74, 6) is 0. The Balaban J connectivity index is 0.00000144. The molecule has 0 unspecified atom stereocenters. The molecule has 3 heteroatoms. The van der Waals surface area contributed by atoms with Gasteiger partial charge < -0.3 is 17.4 Å². The van der Waals surface area contributed by atoms with E-state index < -0.39 is 0 Å². The Morgan fingerprint density at radius 1 is 0.543 bits per heavy atom. The van der Waals surface area contributed by atoms with Gasteiger partial charge in [0.25, 0.3) is 0 Å². The van der Waals surface area contributed by atoms with Crippen LogP contribution in [0, 0.1) is 19.6 Å². The second kappa shape index (κ2) is 10.8. The molecule has 0 spiro atoms. The molecule has 0 bridgehead atoms. The number of nitrogens with zero attached hydrogens (tertiary/aromatic N) is 2. The van der Waals surface area contributed by atoms with Crippen molar-refractivity contribution in [1.82, 2.24) is 9.97 Å². The van der Waals surface area contributed by atoms with Crippen molar-refractivity contribution in [3.05, 3.63) is 140 Å². The minimum absolute atomic E-state index is 0. The zero-order valence-electron chi connectivity index (χ0n) is 19.3. The van der Waals surface area contributed by atoms with E-state index in [0.717, 1.165) is 50.8 Å². The molecule has 2 heterocycles. The Morgan fingerprint density at radius 2 is 0.971 bits per heavy atom. The summed E-state index contributed by atoms with van der Waals surface area (Å²) in [5.41, 5.74) is 6.18. The third-order valence-corrected chi connectivity index (χ3v) is 5.91. The maximum Gasteiger partial charge on any atom is 0.0160 e. The second-order valence-corrected chi connectivity index (χ2v) is 8.12. The van der Waals surface area contributed by atoms with E-state index in [2.05, 4.69) is 82.8 Å². The van der Waals surface area contributed by atoms with Gasteiger partial charge in [-0.2, -0.15) is 0 Å². The van der Waals surface area contributed by atoms with E-state index in [1.165, 1.54) is 10.8 Å². The van der Waals surface area contributed by atoms with Crippen LogP contribution in [-0.2, 0) is 27.5 Å². The summed E-state index contributed by atoms with van der Waals surface area (Å²) in [6.07, 6.45) is 4.40. The van der Waals surface area contributed by atoms with E-state index in [-0.39, 0.29) is 28.5 Å². The molecule has 0 N–H and O–H groups in total. The van der Waals surface area contributed by atoms with Gasteiger partial charge in [-0.25, -0.2) is 0 Å². The van der Waals surface area contributed by atoms with Gasteiger partial charge in [0.1, 0.15) is 0 Å². The molecule has 0 amide bonds. The molecule has 6 aromatic rings. The summed E-state index contributed by atoms with van der Waals surface area (Å²) in [6.45, 7) is 0. The van der Waals surface area contributed by atoms with Gasteiger partial charge in [-0.15, -0.1) is 57.3 Å². The number of pyridine rings is 2. The molecule has 6 rings (SSSR count). The normalized spacial score (nSPS) is 10.5. The molecule has 0 saturated heterocycles. The van der Waals surface area contributed by atoms with Gasteiger partial charge in [0, 0.05) is 33.5 Å². The third kappa shape index (κ3) is 4.94. The smallest absolute Gasteiger partial charge is 0.0160 e. The summed E-state index contributed by atoms with van der Waals surface area (Å²) in [4.78, 5) is 9.19. The summed E-state index contributed by atoms with van der Waals surface area (Å²) >= 11 is 0. The molecule has 0 atom stereocenters. The van der Waals surface area contributed by atoms with Gasteiger partial charge in [-0.05, 0) is 29.9 Å². The van der Waals surface area contributed by atoms with Crippen LogP contribution in [0.5, 0.6) is 0 Å². The molecule has 174 valence electrons. The summed E-state index contributed by atoms with van der Waals surface area (Å²) < 4.78 is 0.